The molecule has 116 valence electrons. The van der Waals surface area contributed by atoms with Crippen LogP contribution in [0.25, 0.3) is 5.69 Å². The Labute approximate surface area is 132 Å². The van der Waals surface area contributed by atoms with Gasteiger partial charge in [-0.05, 0) is 18.2 Å². The molecule has 0 spiro atoms. The van der Waals surface area contributed by atoms with Gasteiger partial charge in [0.15, 0.2) is 0 Å². The Morgan fingerprint density at radius 1 is 1.17 bits per heavy atom. The fraction of sp³-hybridized carbons (Fsp3) is 0.133. The summed E-state index contributed by atoms with van der Waals surface area (Å²) < 4.78 is 6.67. The number of carbonyl (C=O) groups excluding carboxylic acids is 1. The molecule has 0 atom stereocenters. The molecule has 0 aliphatic heterocycles. The van der Waals surface area contributed by atoms with E-state index in [9.17, 15) is 4.79 Å². The zero-order chi connectivity index (χ0) is 15.9. The molecule has 0 aliphatic rings. The lowest BCUT2D eigenvalue weighted by Crippen LogP contribution is -2.23. The van der Waals surface area contributed by atoms with Crippen LogP contribution in [0.1, 0.15) is 11.3 Å². The third kappa shape index (κ3) is 4.10. The molecule has 0 aliphatic carbocycles. The molecule has 1 amide bonds. The summed E-state index contributed by atoms with van der Waals surface area (Å²) >= 11 is 0. The lowest BCUT2D eigenvalue weighted by atomic mass is 10.3. The number of nitrogens with zero attached hydrogens (tertiary/aromatic N) is 5. The minimum Gasteiger partial charge on any atom is -0.445 e. The van der Waals surface area contributed by atoms with Crippen molar-refractivity contribution in [2.45, 2.75) is 13.2 Å². The van der Waals surface area contributed by atoms with Gasteiger partial charge in [0.05, 0.1) is 24.6 Å². The fourth-order valence-electron chi connectivity index (χ4n) is 1.84. The molecule has 0 aromatic carbocycles. The van der Waals surface area contributed by atoms with E-state index in [0.29, 0.717) is 5.69 Å². The molecule has 3 heterocycles. The van der Waals surface area contributed by atoms with Crippen molar-refractivity contribution in [3.8, 4) is 5.69 Å². The first-order valence-electron chi connectivity index (χ1n) is 6.92. The Bertz CT molecular complexity index is 760. The van der Waals surface area contributed by atoms with Gasteiger partial charge in [0.1, 0.15) is 12.3 Å². The van der Waals surface area contributed by atoms with Crippen molar-refractivity contribution in [3.05, 3.63) is 66.5 Å². The largest absolute Gasteiger partial charge is 0.445 e. The first-order chi connectivity index (χ1) is 11.3. The van der Waals surface area contributed by atoms with Gasteiger partial charge < -0.3 is 10.1 Å². The monoisotopic (exact) mass is 310 g/mol. The zero-order valence-corrected chi connectivity index (χ0v) is 12.2. The molecule has 0 bridgehead atoms. The highest BCUT2D eigenvalue weighted by atomic mass is 16.5. The number of hydrogen-bond acceptors (Lipinski definition) is 6. The Kier molecular flexibility index (Phi) is 4.53. The molecule has 8 nitrogen and oxygen atoms in total. The summed E-state index contributed by atoms with van der Waals surface area (Å²) in [5.74, 6) is 0. The second-order valence-electron chi connectivity index (χ2n) is 4.66. The van der Waals surface area contributed by atoms with Crippen LogP contribution in [0.4, 0.5) is 4.79 Å². The molecule has 3 aromatic heterocycles. The highest BCUT2D eigenvalue weighted by Gasteiger charge is 2.06. The Morgan fingerprint density at radius 3 is 2.74 bits per heavy atom. The van der Waals surface area contributed by atoms with Crippen LogP contribution in [0.5, 0.6) is 0 Å². The van der Waals surface area contributed by atoms with Gasteiger partial charge in [0, 0.05) is 24.2 Å². The summed E-state index contributed by atoms with van der Waals surface area (Å²) in [6.45, 7) is 0.397. The maximum Gasteiger partial charge on any atom is 0.407 e. The number of pyridine rings is 2. The van der Waals surface area contributed by atoms with Crippen molar-refractivity contribution in [1.29, 1.82) is 0 Å². The number of ether oxygens (including phenoxy) is 1. The molecule has 0 fully saturated rings. The Hall–Kier alpha value is -3.29. The normalized spacial score (nSPS) is 10.3. The number of alkyl carbamates (subject to hydrolysis) is 1. The maximum atomic E-state index is 11.6. The van der Waals surface area contributed by atoms with E-state index in [0.717, 1.165) is 11.3 Å². The van der Waals surface area contributed by atoms with Crippen molar-refractivity contribution < 1.29 is 9.53 Å². The lowest BCUT2D eigenvalue weighted by Gasteiger charge is -2.05. The number of amides is 1. The minimum atomic E-state index is -0.523. The summed E-state index contributed by atoms with van der Waals surface area (Å²) in [6, 6.07) is 7.29. The predicted molar refractivity (Wildman–Crippen MR) is 80.4 cm³/mol. The van der Waals surface area contributed by atoms with E-state index >= 15 is 0 Å². The third-order valence-corrected chi connectivity index (χ3v) is 2.96. The second-order valence-corrected chi connectivity index (χ2v) is 4.66. The third-order valence-electron chi connectivity index (χ3n) is 2.96. The number of aromatic nitrogens is 5. The molecule has 3 rings (SSSR count). The van der Waals surface area contributed by atoms with Gasteiger partial charge in [-0.2, -0.15) is 0 Å². The van der Waals surface area contributed by atoms with E-state index in [1.165, 1.54) is 0 Å². The quantitative estimate of drug-likeness (QED) is 0.767. The van der Waals surface area contributed by atoms with E-state index in [4.69, 9.17) is 4.74 Å². The Balaban J connectivity index is 1.49. The van der Waals surface area contributed by atoms with Crippen LogP contribution < -0.4 is 5.32 Å². The van der Waals surface area contributed by atoms with E-state index in [-0.39, 0.29) is 13.2 Å². The smallest absolute Gasteiger partial charge is 0.407 e. The van der Waals surface area contributed by atoms with Crippen molar-refractivity contribution in [3.63, 3.8) is 0 Å². The van der Waals surface area contributed by atoms with Crippen molar-refractivity contribution in [1.82, 2.24) is 30.3 Å². The van der Waals surface area contributed by atoms with E-state index < -0.39 is 6.09 Å². The molecular formula is C15H14N6O2. The number of rotatable bonds is 5. The number of carbonyl (C=O) groups is 1. The maximum absolute atomic E-state index is 11.6. The molecule has 0 unspecified atom stereocenters. The van der Waals surface area contributed by atoms with Gasteiger partial charge in [-0.3, -0.25) is 9.97 Å². The summed E-state index contributed by atoms with van der Waals surface area (Å²) in [5, 5.41) is 10.6. The van der Waals surface area contributed by atoms with Crippen LogP contribution in [0.2, 0.25) is 0 Å². The number of nitrogens with one attached hydrogen (secondary N) is 1. The van der Waals surface area contributed by atoms with Crippen molar-refractivity contribution >= 4 is 6.09 Å². The molecular weight excluding hydrogens is 296 g/mol. The molecule has 0 saturated heterocycles. The van der Waals surface area contributed by atoms with Crippen molar-refractivity contribution in [2.75, 3.05) is 0 Å². The highest BCUT2D eigenvalue weighted by molar-refractivity contribution is 5.67. The van der Waals surface area contributed by atoms with Gasteiger partial charge in [-0.15, -0.1) is 5.10 Å². The van der Waals surface area contributed by atoms with Gasteiger partial charge in [-0.25, -0.2) is 9.48 Å². The summed E-state index contributed by atoms with van der Waals surface area (Å²) in [5.41, 5.74) is 2.24. The first-order valence-corrected chi connectivity index (χ1v) is 6.92. The summed E-state index contributed by atoms with van der Waals surface area (Å²) in [6.07, 6.45) is 7.86. The molecule has 8 heteroatoms. The highest BCUT2D eigenvalue weighted by Crippen LogP contribution is 2.04. The standard InChI is InChI=1S/C15H14N6O2/c22-15(23-11-12-3-1-5-16-7-12)18-8-13-10-21(20-19-13)14-4-2-6-17-9-14/h1-7,9-10H,8,11H2,(H,18,22). The van der Waals surface area contributed by atoms with Crippen LogP contribution in [0.15, 0.2) is 55.2 Å². The molecule has 3 aromatic rings. The van der Waals surface area contributed by atoms with Gasteiger partial charge >= 0.3 is 6.09 Å². The van der Waals surface area contributed by atoms with E-state index in [1.807, 2.05) is 18.2 Å². The summed E-state index contributed by atoms with van der Waals surface area (Å²) in [4.78, 5) is 19.6. The fourth-order valence-corrected chi connectivity index (χ4v) is 1.84. The van der Waals surface area contributed by atoms with Crippen LogP contribution >= 0.6 is 0 Å². The van der Waals surface area contributed by atoms with E-state index in [1.54, 1.807) is 41.7 Å². The second kappa shape index (κ2) is 7.12. The molecule has 23 heavy (non-hydrogen) atoms. The Morgan fingerprint density at radius 2 is 2.00 bits per heavy atom. The molecule has 1 N–H and O–H groups in total. The lowest BCUT2D eigenvalue weighted by molar-refractivity contribution is 0.139. The SMILES string of the molecule is O=C(NCc1cn(-c2cccnc2)nn1)OCc1cccnc1. The average Bonchev–Trinajstić information content (AvgIpc) is 3.09. The van der Waals surface area contributed by atoms with Gasteiger partial charge in [0.25, 0.3) is 0 Å². The van der Waals surface area contributed by atoms with E-state index in [2.05, 4.69) is 25.6 Å². The minimum absolute atomic E-state index is 0.169. The van der Waals surface area contributed by atoms with Gasteiger partial charge in [-0.1, -0.05) is 11.3 Å². The first kappa shape index (κ1) is 14.6. The topological polar surface area (TPSA) is 94.8 Å². The van der Waals surface area contributed by atoms with Crippen molar-refractivity contribution in [2.24, 2.45) is 0 Å². The zero-order valence-electron chi connectivity index (χ0n) is 12.2. The molecule has 0 saturated carbocycles. The van der Waals surface area contributed by atoms with Crippen LogP contribution in [-0.4, -0.2) is 31.1 Å². The van der Waals surface area contributed by atoms with Crippen LogP contribution in [0, 0.1) is 0 Å². The molecule has 0 radical (unpaired) electrons. The van der Waals surface area contributed by atoms with Crippen LogP contribution in [0.3, 0.4) is 0 Å². The predicted octanol–water partition coefficient (Wildman–Crippen LogP) is 1.48. The van der Waals surface area contributed by atoms with Crippen LogP contribution in [-0.2, 0) is 17.9 Å². The average molecular weight is 310 g/mol. The number of hydrogen-bond donors (Lipinski definition) is 1. The van der Waals surface area contributed by atoms with Gasteiger partial charge in [0.2, 0.25) is 0 Å². The summed E-state index contributed by atoms with van der Waals surface area (Å²) in [7, 11) is 0.